The first kappa shape index (κ1) is 15.2. The second-order valence-corrected chi connectivity index (χ2v) is 6.66. The van der Waals surface area contributed by atoms with Gasteiger partial charge in [0.05, 0.1) is 0 Å². The van der Waals surface area contributed by atoms with Crippen LogP contribution in [0.4, 0.5) is 0 Å². The van der Waals surface area contributed by atoms with Crippen LogP contribution in [-0.2, 0) is 18.9 Å². The second kappa shape index (κ2) is 5.83. The molecule has 0 radical (unpaired) electrons. The van der Waals surface area contributed by atoms with Gasteiger partial charge in [0.1, 0.15) is 5.82 Å². The zero-order chi connectivity index (χ0) is 13.9. The first-order valence-electron chi connectivity index (χ1n) is 6.84. The summed E-state index contributed by atoms with van der Waals surface area (Å²) in [5.41, 5.74) is 5.86. The summed E-state index contributed by atoms with van der Waals surface area (Å²) in [5, 5.41) is 4.51. The molecular formula is C14H28N4. The van der Waals surface area contributed by atoms with Crippen LogP contribution >= 0.6 is 0 Å². The number of nitrogens with two attached hydrogens (primary N) is 1. The zero-order valence-electron chi connectivity index (χ0n) is 12.7. The molecule has 0 saturated carbocycles. The van der Waals surface area contributed by atoms with Crippen LogP contribution in [0.5, 0.6) is 0 Å². The van der Waals surface area contributed by atoms with E-state index in [2.05, 4.69) is 44.7 Å². The maximum Gasteiger partial charge on any atom is 0.156 e. The summed E-state index contributed by atoms with van der Waals surface area (Å²) in [6, 6.07) is 0. The van der Waals surface area contributed by atoms with Crippen molar-refractivity contribution in [3.63, 3.8) is 0 Å². The Morgan fingerprint density at radius 2 is 1.89 bits per heavy atom. The van der Waals surface area contributed by atoms with E-state index in [0.717, 1.165) is 31.0 Å². The highest BCUT2D eigenvalue weighted by atomic mass is 15.3. The topological polar surface area (TPSA) is 56.7 Å². The van der Waals surface area contributed by atoms with Crippen molar-refractivity contribution in [1.82, 2.24) is 14.8 Å². The minimum atomic E-state index is 0.00622. The first-order valence-corrected chi connectivity index (χ1v) is 6.84. The van der Waals surface area contributed by atoms with Gasteiger partial charge < -0.3 is 5.73 Å². The van der Waals surface area contributed by atoms with E-state index in [9.17, 15) is 0 Å². The predicted octanol–water partition coefficient (Wildman–Crippen LogP) is 2.28. The van der Waals surface area contributed by atoms with E-state index in [0.29, 0.717) is 11.8 Å². The van der Waals surface area contributed by atoms with E-state index >= 15 is 0 Å². The lowest BCUT2D eigenvalue weighted by Crippen LogP contribution is -2.20. The van der Waals surface area contributed by atoms with Crippen LogP contribution in [-0.4, -0.2) is 21.3 Å². The summed E-state index contributed by atoms with van der Waals surface area (Å²) in [5.74, 6) is 3.14. The van der Waals surface area contributed by atoms with Crippen LogP contribution in [0.15, 0.2) is 0 Å². The number of rotatable bonds is 5. The van der Waals surface area contributed by atoms with Gasteiger partial charge >= 0.3 is 0 Å². The molecule has 0 aliphatic heterocycles. The SMILES string of the molecule is CC(C)CC(CN)Cc1nc(C(C)(C)C)nn1C. The van der Waals surface area contributed by atoms with E-state index in [-0.39, 0.29) is 5.41 Å². The Labute approximate surface area is 111 Å². The van der Waals surface area contributed by atoms with Crippen molar-refractivity contribution in [2.45, 2.75) is 52.9 Å². The number of aromatic nitrogens is 3. The smallest absolute Gasteiger partial charge is 0.156 e. The van der Waals surface area contributed by atoms with Crippen LogP contribution in [0.25, 0.3) is 0 Å². The second-order valence-electron chi connectivity index (χ2n) is 6.66. The molecule has 1 atom stereocenters. The number of hydrogen-bond acceptors (Lipinski definition) is 3. The Morgan fingerprint density at radius 1 is 1.28 bits per heavy atom. The average Bonchev–Trinajstić information content (AvgIpc) is 2.58. The largest absolute Gasteiger partial charge is 0.330 e. The van der Waals surface area contributed by atoms with E-state index in [1.807, 2.05) is 11.7 Å². The molecule has 1 rings (SSSR count). The normalized spacial score (nSPS) is 14.2. The van der Waals surface area contributed by atoms with Crippen LogP contribution in [0.2, 0.25) is 0 Å². The lowest BCUT2D eigenvalue weighted by molar-refractivity contribution is 0.403. The highest BCUT2D eigenvalue weighted by molar-refractivity contribution is 5.04. The van der Waals surface area contributed by atoms with E-state index < -0.39 is 0 Å². The standard InChI is InChI=1S/C14H28N4/c1-10(2)7-11(9-15)8-12-16-13(14(3,4)5)17-18(12)6/h10-11H,7-9,15H2,1-6H3. The molecular weight excluding hydrogens is 224 g/mol. The van der Waals surface area contributed by atoms with E-state index in [1.165, 1.54) is 0 Å². The molecule has 18 heavy (non-hydrogen) atoms. The van der Waals surface area contributed by atoms with Gasteiger partial charge in [-0.2, -0.15) is 5.10 Å². The fourth-order valence-electron chi connectivity index (χ4n) is 2.10. The van der Waals surface area contributed by atoms with Crippen LogP contribution in [0.1, 0.15) is 52.7 Å². The van der Waals surface area contributed by atoms with Gasteiger partial charge in [-0.15, -0.1) is 0 Å². The summed E-state index contributed by atoms with van der Waals surface area (Å²) < 4.78 is 1.91. The molecule has 4 nitrogen and oxygen atoms in total. The van der Waals surface area contributed by atoms with E-state index in [1.54, 1.807) is 0 Å². The number of hydrogen-bond donors (Lipinski definition) is 1. The lowest BCUT2D eigenvalue weighted by Gasteiger charge is -2.16. The van der Waals surface area contributed by atoms with Crippen molar-refractivity contribution in [1.29, 1.82) is 0 Å². The molecule has 0 aliphatic rings. The molecule has 0 bridgehead atoms. The van der Waals surface area contributed by atoms with Gasteiger partial charge in [0.2, 0.25) is 0 Å². The summed E-state index contributed by atoms with van der Waals surface area (Å²) in [4.78, 5) is 4.67. The van der Waals surface area contributed by atoms with Crippen molar-refractivity contribution < 1.29 is 0 Å². The predicted molar refractivity (Wildman–Crippen MR) is 75.4 cm³/mol. The summed E-state index contributed by atoms with van der Waals surface area (Å²) in [6.07, 6.45) is 2.07. The Kier molecular flexibility index (Phi) is 4.91. The minimum Gasteiger partial charge on any atom is -0.330 e. The Bertz CT molecular complexity index is 374. The van der Waals surface area contributed by atoms with Gasteiger partial charge in [-0.3, -0.25) is 4.68 Å². The quantitative estimate of drug-likeness (QED) is 0.874. The first-order chi connectivity index (χ1) is 8.24. The van der Waals surface area contributed by atoms with Crippen LogP contribution in [0.3, 0.4) is 0 Å². The lowest BCUT2D eigenvalue weighted by atomic mass is 9.93. The molecule has 0 aliphatic carbocycles. The van der Waals surface area contributed by atoms with Gasteiger partial charge in [-0.25, -0.2) is 4.98 Å². The maximum absolute atomic E-state index is 5.85. The molecule has 2 N–H and O–H groups in total. The molecule has 104 valence electrons. The van der Waals surface area contributed by atoms with E-state index in [4.69, 9.17) is 5.73 Å². The number of nitrogens with zero attached hydrogens (tertiary/aromatic N) is 3. The molecule has 0 amide bonds. The number of aryl methyl sites for hydroxylation is 1. The monoisotopic (exact) mass is 252 g/mol. The van der Waals surface area contributed by atoms with Gasteiger partial charge in [0.15, 0.2) is 5.82 Å². The molecule has 0 aromatic carbocycles. The van der Waals surface area contributed by atoms with Crippen molar-refractivity contribution in [2.75, 3.05) is 6.54 Å². The van der Waals surface area contributed by atoms with Crippen molar-refractivity contribution >= 4 is 0 Å². The van der Waals surface area contributed by atoms with Crippen molar-refractivity contribution in [2.24, 2.45) is 24.6 Å². The van der Waals surface area contributed by atoms with Gasteiger partial charge in [-0.05, 0) is 24.8 Å². The van der Waals surface area contributed by atoms with Crippen molar-refractivity contribution in [3.05, 3.63) is 11.6 Å². The molecule has 0 fully saturated rings. The molecule has 0 spiro atoms. The van der Waals surface area contributed by atoms with Gasteiger partial charge in [0, 0.05) is 18.9 Å². The third kappa shape index (κ3) is 4.09. The van der Waals surface area contributed by atoms with Crippen LogP contribution in [0, 0.1) is 11.8 Å². The fourth-order valence-corrected chi connectivity index (χ4v) is 2.10. The summed E-state index contributed by atoms with van der Waals surface area (Å²) in [7, 11) is 1.97. The molecule has 1 heterocycles. The van der Waals surface area contributed by atoms with Crippen LogP contribution < -0.4 is 5.73 Å². The third-order valence-corrected chi connectivity index (χ3v) is 3.13. The molecule has 4 heteroatoms. The molecule has 0 saturated heterocycles. The Morgan fingerprint density at radius 3 is 2.28 bits per heavy atom. The molecule has 1 unspecified atom stereocenters. The summed E-state index contributed by atoms with van der Waals surface area (Å²) >= 11 is 0. The Hall–Kier alpha value is -0.900. The molecule has 1 aromatic heterocycles. The fraction of sp³-hybridized carbons (Fsp3) is 0.857. The van der Waals surface area contributed by atoms with Gasteiger partial charge in [-0.1, -0.05) is 34.6 Å². The maximum atomic E-state index is 5.85. The third-order valence-electron chi connectivity index (χ3n) is 3.13. The van der Waals surface area contributed by atoms with Gasteiger partial charge in [0.25, 0.3) is 0 Å². The molecule has 1 aromatic rings. The Balaban J connectivity index is 2.81. The summed E-state index contributed by atoms with van der Waals surface area (Å²) in [6.45, 7) is 11.6. The highest BCUT2D eigenvalue weighted by Gasteiger charge is 2.22. The average molecular weight is 252 g/mol. The minimum absolute atomic E-state index is 0.00622. The highest BCUT2D eigenvalue weighted by Crippen LogP contribution is 2.20. The van der Waals surface area contributed by atoms with Crippen molar-refractivity contribution in [3.8, 4) is 0 Å². The zero-order valence-corrected chi connectivity index (χ0v) is 12.7.